The standard InChI is InChI=1S/C12H16N4/c13-8-12-10(2-1-5-15-12)9-16-6-3-11(14)4-7-16/h1-2,5,11H,3-4,6-7,9,14H2. The number of nitrogens with two attached hydrogens (primary N) is 1. The van der Waals surface area contributed by atoms with E-state index in [2.05, 4.69) is 16.0 Å². The van der Waals surface area contributed by atoms with Gasteiger partial charge in [0.25, 0.3) is 0 Å². The Morgan fingerprint density at radius 3 is 2.94 bits per heavy atom. The van der Waals surface area contributed by atoms with Crippen LogP contribution in [0, 0.1) is 11.3 Å². The SMILES string of the molecule is N#Cc1ncccc1CN1CCC(N)CC1. The molecule has 0 amide bonds. The number of likely N-dealkylation sites (tertiary alicyclic amines) is 1. The maximum absolute atomic E-state index is 8.94. The monoisotopic (exact) mass is 216 g/mol. The number of pyridine rings is 1. The van der Waals surface area contributed by atoms with Gasteiger partial charge in [0.1, 0.15) is 11.8 Å². The minimum absolute atomic E-state index is 0.348. The Balaban J connectivity index is 2.01. The second-order valence-electron chi connectivity index (χ2n) is 4.24. The summed E-state index contributed by atoms with van der Waals surface area (Å²) in [6.07, 6.45) is 3.75. The Morgan fingerprint density at radius 2 is 2.25 bits per heavy atom. The molecule has 16 heavy (non-hydrogen) atoms. The summed E-state index contributed by atoms with van der Waals surface area (Å²) in [5, 5.41) is 8.94. The van der Waals surface area contributed by atoms with Crippen LogP contribution in [0.3, 0.4) is 0 Å². The number of aromatic nitrogens is 1. The van der Waals surface area contributed by atoms with Crippen LogP contribution in [-0.4, -0.2) is 29.0 Å². The fourth-order valence-corrected chi connectivity index (χ4v) is 2.02. The van der Waals surface area contributed by atoms with Crippen molar-refractivity contribution in [3.8, 4) is 6.07 Å². The van der Waals surface area contributed by atoms with Crippen LogP contribution in [0.2, 0.25) is 0 Å². The van der Waals surface area contributed by atoms with Gasteiger partial charge in [-0.1, -0.05) is 6.07 Å². The third-order valence-electron chi connectivity index (χ3n) is 3.02. The van der Waals surface area contributed by atoms with Crippen molar-refractivity contribution in [2.24, 2.45) is 5.73 Å². The molecule has 0 bridgehead atoms. The molecule has 0 aliphatic carbocycles. The van der Waals surface area contributed by atoms with Gasteiger partial charge in [0.2, 0.25) is 0 Å². The number of hydrogen-bond acceptors (Lipinski definition) is 4. The summed E-state index contributed by atoms with van der Waals surface area (Å²) in [5.41, 5.74) is 7.41. The van der Waals surface area contributed by atoms with Crippen molar-refractivity contribution in [1.29, 1.82) is 5.26 Å². The van der Waals surface area contributed by atoms with Gasteiger partial charge in [-0.3, -0.25) is 4.90 Å². The molecule has 2 rings (SSSR count). The van der Waals surface area contributed by atoms with Crippen molar-refractivity contribution in [2.45, 2.75) is 25.4 Å². The van der Waals surface area contributed by atoms with E-state index in [1.54, 1.807) is 6.20 Å². The molecule has 1 saturated heterocycles. The zero-order chi connectivity index (χ0) is 11.4. The molecule has 4 heteroatoms. The topological polar surface area (TPSA) is 65.9 Å². The Bertz CT molecular complexity index is 388. The summed E-state index contributed by atoms with van der Waals surface area (Å²) in [6.45, 7) is 2.84. The average molecular weight is 216 g/mol. The Kier molecular flexibility index (Phi) is 3.50. The van der Waals surface area contributed by atoms with Crippen LogP contribution in [0.1, 0.15) is 24.1 Å². The lowest BCUT2D eigenvalue weighted by Crippen LogP contribution is -2.39. The first-order chi connectivity index (χ1) is 7.79. The smallest absolute Gasteiger partial charge is 0.144 e. The van der Waals surface area contributed by atoms with Gasteiger partial charge < -0.3 is 5.73 Å². The van der Waals surface area contributed by atoms with E-state index in [1.807, 2.05) is 12.1 Å². The molecule has 2 N–H and O–H groups in total. The molecule has 0 aromatic carbocycles. The van der Waals surface area contributed by atoms with Crippen LogP contribution >= 0.6 is 0 Å². The molecule has 2 heterocycles. The molecule has 1 aromatic heterocycles. The number of piperidine rings is 1. The normalized spacial score (nSPS) is 18.2. The second kappa shape index (κ2) is 5.06. The highest BCUT2D eigenvalue weighted by Gasteiger charge is 2.17. The van der Waals surface area contributed by atoms with Crippen molar-refractivity contribution >= 4 is 0 Å². The summed E-state index contributed by atoms with van der Waals surface area (Å²) in [6, 6.07) is 6.33. The summed E-state index contributed by atoms with van der Waals surface area (Å²) in [5.74, 6) is 0. The highest BCUT2D eigenvalue weighted by Crippen LogP contribution is 2.13. The van der Waals surface area contributed by atoms with E-state index < -0.39 is 0 Å². The van der Waals surface area contributed by atoms with Gasteiger partial charge in [-0.2, -0.15) is 5.26 Å². The molecule has 1 aliphatic rings. The average Bonchev–Trinajstić information content (AvgIpc) is 2.33. The molecule has 0 saturated carbocycles. The number of nitriles is 1. The summed E-state index contributed by atoms with van der Waals surface area (Å²) in [4.78, 5) is 6.40. The predicted octanol–water partition coefficient (Wildman–Crippen LogP) is 0.876. The van der Waals surface area contributed by atoms with E-state index in [4.69, 9.17) is 11.0 Å². The molecule has 1 aliphatic heterocycles. The lowest BCUT2D eigenvalue weighted by Gasteiger charge is -2.30. The molecular weight excluding hydrogens is 200 g/mol. The van der Waals surface area contributed by atoms with E-state index in [9.17, 15) is 0 Å². The molecular formula is C12H16N4. The second-order valence-corrected chi connectivity index (χ2v) is 4.24. The molecule has 0 radical (unpaired) electrons. The Labute approximate surface area is 95.7 Å². The van der Waals surface area contributed by atoms with Gasteiger partial charge in [0.05, 0.1) is 0 Å². The maximum Gasteiger partial charge on any atom is 0.144 e. The third-order valence-corrected chi connectivity index (χ3v) is 3.02. The van der Waals surface area contributed by atoms with Crippen LogP contribution in [0.5, 0.6) is 0 Å². The maximum atomic E-state index is 8.94. The van der Waals surface area contributed by atoms with E-state index in [0.29, 0.717) is 11.7 Å². The minimum Gasteiger partial charge on any atom is -0.328 e. The van der Waals surface area contributed by atoms with Crippen molar-refractivity contribution in [3.63, 3.8) is 0 Å². The first-order valence-corrected chi connectivity index (χ1v) is 5.61. The lowest BCUT2D eigenvalue weighted by molar-refractivity contribution is 0.205. The quantitative estimate of drug-likeness (QED) is 0.796. The third kappa shape index (κ3) is 2.57. The van der Waals surface area contributed by atoms with Gasteiger partial charge >= 0.3 is 0 Å². The van der Waals surface area contributed by atoms with Gasteiger partial charge in [0.15, 0.2) is 0 Å². The lowest BCUT2D eigenvalue weighted by atomic mass is 10.1. The first kappa shape index (κ1) is 11.1. The zero-order valence-corrected chi connectivity index (χ0v) is 9.26. The Morgan fingerprint density at radius 1 is 1.50 bits per heavy atom. The predicted molar refractivity (Wildman–Crippen MR) is 61.4 cm³/mol. The van der Waals surface area contributed by atoms with Gasteiger partial charge in [-0.15, -0.1) is 0 Å². The molecule has 0 spiro atoms. The highest BCUT2D eigenvalue weighted by molar-refractivity contribution is 5.30. The van der Waals surface area contributed by atoms with Crippen molar-refractivity contribution < 1.29 is 0 Å². The van der Waals surface area contributed by atoms with E-state index >= 15 is 0 Å². The fourth-order valence-electron chi connectivity index (χ4n) is 2.02. The summed E-state index contributed by atoms with van der Waals surface area (Å²) >= 11 is 0. The van der Waals surface area contributed by atoms with Crippen molar-refractivity contribution in [1.82, 2.24) is 9.88 Å². The first-order valence-electron chi connectivity index (χ1n) is 5.61. The molecule has 0 atom stereocenters. The van der Waals surface area contributed by atoms with Gasteiger partial charge in [0, 0.05) is 24.3 Å². The van der Waals surface area contributed by atoms with E-state index in [-0.39, 0.29) is 0 Å². The number of rotatable bonds is 2. The van der Waals surface area contributed by atoms with Crippen LogP contribution < -0.4 is 5.73 Å². The van der Waals surface area contributed by atoms with Gasteiger partial charge in [-0.05, 0) is 32.0 Å². The van der Waals surface area contributed by atoms with E-state index in [1.165, 1.54) is 0 Å². The fraction of sp³-hybridized carbons (Fsp3) is 0.500. The van der Waals surface area contributed by atoms with Crippen molar-refractivity contribution in [3.05, 3.63) is 29.6 Å². The van der Waals surface area contributed by atoms with Gasteiger partial charge in [-0.25, -0.2) is 4.98 Å². The van der Waals surface area contributed by atoms with Crippen LogP contribution in [0.4, 0.5) is 0 Å². The summed E-state index contributed by atoms with van der Waals surface area (Å²) in [7, 11) is 0. The largest absolute Gasteiger partial charge is 0.328 e. The number of hydrogen-bond donors (Lipinski definition) is 1. The van der Waals surface area contributed by atoms with Crippen LogP contribution in [-0.2, 0) is 6.54 Å². The molecule has 1 aromatic rings. The van der Waals surface area contributed by atoms with Crippen LogP contribution in [0.15, 0.2) is 18.3 Å². The minimum atomic E-state index is 0.348. The molecule has 0 unspecified atom stereocenters. The van der Waals surface area contributed by atoms with Crippen molar-refractivity contribution in [2.75, 3.05) is 13.1 Å². The number of nitrogens with zero attached hydrogens (tertiary/aromatic N) is 3. The van der Waals surface area contributed by atoms with Crippen LogP contribution in [0.25, 0.3) is 0 Å². The summed E-state index contributed by atoms with van der Waals surface area (Å²) < 4.78 is 0. The molecule has 84 valence electrons. The highest BCUT2D eigenvalue weighted by atomic mass is 15.1. The Hall–Kier alpha value is -1.44. The molecule has 4 nitrogen and oxygen atoms in total. The van der Waals surface area contributed by atoms with E-state index in [0.717, 1.165) is 38.0 Å². The zero-order valence-electron chi connectivity index (χ0n) is 9.26. The molecule has 1 fully saturated rings.